The van der Waals surface area contributed by atoms with Gasteiger partial charge in [0.2, 0.25) is 5.91 Å². The van der Waals surface area contributed by atoms with Crippen LogP contribution in [0, 0.1) is 11.6 Å². The molecule has 1 aromatic heterocycles. The van der Waals surface area contributed by atoms with Crippen LogP contribution in [0.2, 0.25) is 5.02 Å². The zero-order chi connectivity index (χ0) is 27.5. The number of piperazine rings is 1. The van der Waals surface area contributed by atoms with Crippen molar-refractivity contribution >= 4 is 46.0 Å². The summed E-state index contributed by atoms with van der Waals surface area (Å²) in [6, 6.07) is 5.30. The quantitative estimate of drug-likeness (QED) is 0.232. The van der Waals surface area contributed by atoms with E-state index in [0.717, 1.165) is 31.5 Å². The summed E-state index contributed by atoms with van der Waals surface area (Å²) in [6.45, 7) is 8.47. The van der Waals surface area contributed by atoms with Crippen LogP contribution in [0.1, 0.15) is 19.3 Å². The summed E-state index contributed by atoms with van der Waals surface area (Å²) < 4.78 is 30.9. The summed E-state index contributed by atoms with van der Waals surface area (Å²) in [5.74, 6) is -0.911. The lowest BCUT2D eigenvalue weighted by Gasteiger charge is -2.35. The number of piperidine rings is 1. The number of halogens is 3. The second-order valence-corrected chi connectivity index (χ2v) is 11.1. The number of rotatable bonds is 7. The fraction of sp³-hybridized carbons (Fsp3) is 0.393. The van der Waals surface area contributed by atoms with Crippen LogP contribution in [0.5, 0.6) is 5.75 Å². The van der Waals surface area contributed by atoms with Crippen LogP contribution in [0.4, 0.5) is 14.6 Å². The molecule has 0 bridgehead atoms. The molecule has 11 heteroatoms. The van der Waals surface area contributed by atoms with Crippen LogP contribution in [-0.2, 0) is 4.79 Å². The Bertz CT molecular complexity index is 1370. The summed E-state index contributed by atoms with van der Waals surface area (Å²) in [4.78, 5) is 27.5. The molecule has 2 aliphatic heterocycles. The fourth-order valence-electron chi connectivity index (χ4n) is 5.17. The Hall–Kier alpha value is -2.95. The number of aromatic nitrogens is 2. The average molecular weight is 574 g/mol. The molecule has 0 radical (unpaired) electrons. The number of aromatic hydroxyl groups is 1. The highest BCUT2D eigenvalue weighted by molar-refractivity contribution is 7.99. The first-order chi connectivity index (χ1) is 18.9. The van der Waals surface area contributed by atoms with Crippen molar-refractivity contribution in [2.45, 2.75) is 24.4 Å². The van der Waals surface area contributed by atoms with Crippen molar-refractivity contribution in [1.29, 1.82) is 0 Å². The van der Waals surface area contributed by atoms with Crippen LogP contribution in [0.15, 0.2) is 42.1 Å². The number of anilines is 1. The smallest absolute Gasteiger partial charge is 0.246 e. The first-order valence-corrected chi connectivity index (χ1v) is 14.4. The molecule has 3 aromatic rings. The van der Waals surface area contributed by atoms with E-state index in [1.165, 1.54) is 55.3 Å². The SMILES string of the molecule is C=CC(=O)N1CCN(c2nc(SCCN3CCCCC3)nc3c(F)c(-c4c(O)cccc4F)c(Cl)cc23)CC1. The van der Waals surface area contributed by atoms with Crippen LogP contribution in [0.25, 0.3) is 22.0 Å². The Morgan fingerprint density at radius 3 is 2.51 bits per heavy atom. The summed E-state index contributed by atoms with van der Waals surface area (Å²) in [5, 5.41) is 11.1. The van der Waals surface area contributed by atoms with Crippen LogP contribution < -0.4 is 4.90 Å². The largest absolute Gasteiger partial charge is 0.507 e. The second-order valence-electron chi connectivity index (χ2n) is 9.67. The van der Waals surface area contributed by atoms with Gasteiger partial charge in [0.25, 0.3) is 0 Å². The van der Waals surface area contributed by atoms with Crippen LogP contribution in [-0.4, -0.2) is 82.3 Å². The predicted octanol–water partition coefficient (Wildman–Crippen LogP) is 5.35. The first-order valence-electron chi connectivity index (χ1n) is 13.1. The monoisotopic (exact) mass is 573 g/mol. The summed E-state index contributed by atoms with van der Waals surface area (Å²) in [7, 11) is 0. The number of carbonyl (C=O) groups excluding carboxylic acids is 1. The minimum atomic E-state index is -0.820. The van der Waals surface area contributed by atoms with Crippen LogP contribution >= 0.6 is 23.4 Å². The molecule has 3 heterocycles. The minimum Gasteiger partial charge on any atom is -0.507 e. The van der Waals surface area contributed by atoms with E-state index in [2.05, 4.69) is 16.5 Å². The molecule has 2 aliphatic rings. The van der Waals surface area contributed by atoms with E-state index in [1.807, 2.05) is 4.90 Å². The number of likely N-dealkylation sites (tertiary alicyclic amines) is 1. The molecule has 0 atom stereocenters. The Morgan fingerprint density at radius 2 is 1.82 bits per heavy atom. The van der Waals surface area contributed by atoms with E-state index >= 15 is 4.39 Å². The molecule has 206 valence electrons. The minimum absolute atomic E-state index is 0.00660. The van der Waals surface area contributed by atoms with Crippen molar-refractivity contribution in [3.8, 4) is 16.9 Å². The zero-order valence-corrected chi connectivity index (χ0v) is 23.1. The maximum Gasteiger partial charge on any atom is 0.246 e. The van der Waals surface area contributed by atoms with Gasteiger partial charge in [-0.05, 0) is 50.2 Å². The molecule has 2 aromatic carbocycles. The van der Waals surface area contributed by atoms with Gasteiger partial charge in [0.15, 0.2) is 11.0 Å². The van der Waals surface area contributed by atoms with Gasteiger partial charge in [-0.3, -0.25) is 4.79 Å². The van der Waals surface area contributed by atoms with E-state index < -0.39 is 17.4 Å². The first kappa shape index (κ1) is 27.6. The average Bonchev–Trinajstić information content (AvgIpc) is 2.95. The van der Waals surface area contributed by atoms with Crippen molar-refractivity contribution in [3.63, 3.8) is 0 Å². The zero-order valence-electron chi connectivity index (χ0n) is 21.5. The summed E-state index contributed by atoms with van der Waals surface area (Å²) >= 11 is 7.97. The molecule has 1 N–H and O–H groups in total. The van der Waals surface area contributed by atoms with Crippen molar-refractivity contribution in [2.24, 2.45) is 0 Å². The lowest BCUT2D eigenvalue weighted by Crippen LogP contribution is -2.48. The number of benzene rings is 2. The Labute approximate surface area is 235 Å². The maximum atomic E-state index is 16.2. The number of phenols is 1. The highest BCUT2D eigenvalue weighted by Crippen LogP contribution is 2.42. The molecule has 39 heavy (non-hydrogen) atoms. The summed E-state index contributed by atoms with van der Waals surface area (Å²) in [5.41, 5.74) is -0.542. The third kappa shape index (κ3) is 5.83. The van der Waals surface area contributed by atoms with Gasteiger partial charge in [0.1, 0.15) is 22.9 Å². The highest BCUT2D eigenvalue weighted by Gasteiger charge is 2.27. The van der Waals surface area contributed by atoms with Crippen molar-refractivity contribution in [2.75, 3.05) is 56.5 Å². The Balaban J connectivity index is 1.54. The number of hydrogen-bond donors (Lipinski definition) is 1. The van der Waals surface area contributed by atoms with E-state index in [1.54, 1.807) is 4.90 Å². The standard InChI is InChI=1S/C28H30ClF2N5O2S/c1-2-22(38)35-11-13-36(14-12-35)27-18-17-19(29)23(24-20(30)7-6-8-21(24)37)25(31)26(18)32-28(33-27)39-16-15-34-9-4-3-5-10-34/h2,6-8,17,37H,1,3-5,9-16H2. The fourth-order valence-corrected chi connectivity index (χ4v) is 6.30. The topological polar surface area (TPSA) is 72.8 Å². The molecule has 5 rings (SSSR count). The lowest BCUT2D eigenvalue weighted by molar-refractivity contribution is -0.126. The lowest BCUT2D eigenvalue weighted by atomic mass is 10.0. The van der Waals surface area contributed by atoms with Gasteiger partial charge in [-0.15, -0.1) is 0 Å². The van der Waals surface area contributed by atoms with Crippen molar-refractivity contribution in [1.82, 2.24) is 19.8 Å². The molecule has 2 fully saturated rings. The number of carbonyl (C=O) groups is 1. The molecule has 0 saturated carbocycles. The van der Waals surface area contributed by atoms with Gasteiger partial charge < -0.3 is 19.8 Å². The molecule has 1 amide bonds. The Kier molecular flexibility index (Phi) is 8.54. The molecule has 0 unspecified atom stereocenters. The molecule has 7 nitrogen and oxygen atoms in total. The van der Waals surface area contributed by atoms with E-state index in [0.29, 0.717) is 42.5 Å². The van der Waals surface area contributed by atoms with Gasteiger partial charge >= 0.3 is 0 Å². The van der Waals surface area contributed by atoms with Crippen molar-refractivity contribution in [3.05, 3.63) is 53.6 Å². The third-order valence-electron chi connectivity index (χ3n) is 7.24. The van der Waals surface area contributed by atoms with E-state index in [-0.39, 0.29) is 27.6 Å². The highest BCUT2D eigenvalue weighted by atomic mass is 35.5. The number of thioether (sulfide) groups is 1. The van der Waals surface area contributed by atoms with Crippen molar-refractivity contribution < 1.29 is 18.7 Å². The number of nitrogens with zero attached hydrogens (tertiary/aromatic N) is 5. The molecular formula is C28H30ClF2N5O2S. The van der Waals surface area contributed by atoms with Gasteiger partial charge in [-0.25, -0.2) is 18.7 Å². The number of phenolic OH excluding ortho intramolecular Hbond substituents is 1. The molecule has 0 spiro atoms. The number of hydrogen-bond acceptors (Lipinski definition) is 7. The second kappa shape index (κ2) is 12.1. The van der Waals surface area contributed by atoms with Gasteiger partial charge in [-0.1, -0.05) is 42.4 Å². The third-order valence-corrected chi connectivity index (χ3v) is 8.36. The van der Waals surface area contributed by atoms with Gasteiger partial charge in [-0.2, -0.15) is 0 Å². The van der Waals surface area contributed by atoms with E-state index in [4.69, 9.17) is 16.6 Å². The molecular weight excluding hydrogens is 544 g/mol. The van der Waals surface area contributed by atoms with Crippen LogP contribution in [0.3, 0.4) is 0 Å². The van der Waals surface area contributed by atoms with Gasteiger partial charge in [0.05, 0.1) is 10.6 Å². The predicted molar refractivity (Wildman–Crippen MR) is 152 cm³/mol. The maximum absolute atomic E-state index is 16.2. The Morgan fingerprint density at radius 1 is 1.08 bits per heavy atom. The van der Waals surface area contributed by atoms with Gasteiger partial charge in [0, 0.05) is 49.4 Å². The molecule has 0 aliphatic carbocycles. The van der Waals surface area contributed by atoms with E-state index in [9.17, 15) is 14.3 Å². The number of amides is 1. The normalized spacial score (nSPS) is 16.6. The summed E-state index contributed by atoms with van der Waals surface area (Å²) in [6.07, 6.45) is 4.94. The number of fused-ring (bicyclic) bond motifs is 1. The molecule has 2 saturated heterocycles.